The van der Waals surface area contributed by atoms with Crippen molar-refractivity contribution in [3.8, 4) is 0 Å². The van der Waals surface area contributed by atoms with Gasteiger partial charge in [-0.15, -0.1) is 24.0 Å². The van der Waals surface area contributed by atoms with Gasteiger partial charge in [-0.05, 0) is 30.5 Å². The van der Waals surface area contributed by atoms with Crippen molar-refractivity contribution in [2.45, 2.75) is 38.2 Å². The summed E-state index contributed by atoms with van der Waals surface area (Å²) in [6.45, 7) is -0.0530. The van der Waals surface area contributed by atoms with Crippen LogP contribution in [0.5, 0.6) is 0 Å². The van der Waals surface area contributed by atoms with Gasteiger partial charge in [-0.2, -0.15) is 26.3 Å². The maximum Gasteiger partial charge on any atom is 0.416 e. The minimum atomic E-state index is -4.48. The van der Waals surface area contributed by atoms with Crippen molar-refractivity contribution in [2.24, 2.45) is 4.99 Å². The summed E-state index contributed by atoms with van der Waals surface area (Å²) >= 11 is 0. The summed E-state index contributed by atoms with van der Waals surface area (Å²) in [7, 11) is 3.10. The number of nitrogens with one attached hydrogen (secondary N) is 2. The van der Waals surface area contributed by atoms with Crippen molar-refractivity contribution in [1.82, 2.24) is 15.5 Å². The number of nitrogens with zero attached hydrogens (tertiary/aromatic N) is 2. The number of likely N-dealkylation sites (N-methyl/N-ethyl adjacent to an activating group) is 1. The highest BCUT2D eigenvalue weighted by molar-refractivity contribution is 14.0. The van der Waals surface area contributed by atoms with Gasteiger partial charge in [-0.1, -0.05) is 12.1 Å². The summed E-state index contributed by atoms with van der Waals surface area (Å²) in [6.07, 6.45) is -9.47. The van der Waals surface area contributed by atoms with Crippen LogP contribution in [0.25, 0.3) is 0 Å². The predicted octanol–water partition coefficient (Wildman–Crippen LogP) is 4.18. The summed E-state index contributed by atoms with van der Waals surface area (Å²) in [6, 6.07) is 4.65. The quantitative estimate of drug-likeness (QED) is 0.167. The van der Waals surface area contributed by atoms with Gasteiger partial charge in [-0.25, -0.2) is 4.99 Å². The number of carbonyl (C=O) groups excluding carboxylic acids is 1. The molecule has 5 nitrogen and oxygen atoms in total. The van der Waals surface area contributed by atoms with Crippen LogP contribution in [0.4, 0.5) is 26.3 Å². The molecule has 0 aliphatic carbocycles. The van der Waals surface area contributed by atoms with Crippen LogP contribution in [-0.2, 0) is 17.5 Å². The number of halogens is 7. The maximum atomic E-state index is 12.8. The highest BCUT2D eigenvalue weighted by atomic mass is 127. The lowest BCUT2D eigenvalue weighted by Gasteiger charge is -2.15. The zero-order chi connectivity index (χ0) is 22.1. The van der Waals surface area contributed by atoms with E-state index in [1.54, 1.807) is 14.1 Å². The largest absolute Gasteiger partial charge is 0.416 e. The standard InChI is InChI=1S/C18H24F6N4O.HI/c1-28(2)15(29)12-27-16(25-9-4-3-8-17(19,20)21)26-11-13-6-5-7-14(10-13)18(22,23)24;/h5-7,10H,3-4,8-9,11-12H2,1-2H3,(H2,25,26,27);1H. The Kier molecular flexibility index (Phi) is 12.1. The number of benzene rings is 1. The van der Waals surface area contributed by atoms with Gasteiger partial charge in [0.05, 0.1) is 18.7 Å². The van der Waals surface area contributed by atoms with Gasteiger partial charge in [0.1, 0.15) is 0 Å². The molecule has 0 atom stereocenters. The van der Waals surface area contributed by atoms with E-state index in [-0.39, 0.29) is 68.3 Å². The third-order valence-corrected chi connectivity index (χ3v) is 3.76. The first-order chi connectivity index (χ1) is 13.4. The number of aliphatic imine (C=N–C) groups is 1. The molecule has 1 rings (SSSR count). The zero-order valence-electron chi connectivity index (χ0n) is 16.5. The van der Waals surface area contributed by atoms with Gasteiger partial charge >= 0.3 is 12.4 Å². The Morgan fingerprint density at radius 2 is 1.73 bits per heavy atom. The molecule has 0 aliphatic heterocycles. The van der Waals surface area contributed by atoms with Crippen LogP contribution >= 0.6 is 24.0 Å². The third kappa shape index (κ3) is 12.1. The normalized spacial score (nSPS) is 12.2. The summed E-state index contributed by atoms with van der Waals surface area (Å²) in [4.78, 5) is 17.2. The average Bonchev–Trinajstić information content (AvgIpc) is 2.61. The van der Waals surface area contributed by atoms with E-state index < -0.39 is 24.3 Å². The van der Waals surface area contributed by atoms with Gasteiger partial charge in [0.15, 0.2) is 5.96 Å². The molecule has 1 aromatic carbocycles. The fourth-order valence-electron chi connectivity index (χ4n) is 2.17. The number of guanidine groups is 1. The molecule has 12 heteroatoms. The molecule has 30 heavy (non-hydrogen) atoms. The third-order valence-electron chi connectivity index (χ3n) is 3.76. The van der Waals surface area contributed by atoms with Gasteiger partial charge in [0, 0.05) is 27.1 Å². The van der Waals surface area contributed by atoms with E-state index in [1.165, 1.54) is 17.0 Å². The molecule has 0 aromatic heterocycles. The Hall–Kier alpha value is -1.73. The second-order valence-corrected chi connectivity index (χ2v) is 6.50. The van der Waals surface area contributed by atoms with Crippen molar-refractivity contribution in [3.63, 3.8) is 0 Å². The molecule has 172 valence electrons. The van der Waals surface area contributed by atoms with Gasteiger partial charge in [0.25, 0.3) is 0 Å². The molecule has 0 saturated heterocycles. The lowest BCUT2D eigenvalue weighted by molar-refractivity contribution is -0.138. The Morgan fingerprint density at radius 3 is 2.30 bits per heavy atom. The Labute approximate surface area is 188 Å². The van der Waals surface area contributed by atoms with E-state index in [0.29, 0.717) is 5.56 Å². The fraction of sp³-hybridized carbons (Fsp3) is 0.556. The molecule has 2 N–H and O–H groups in total. The number of hydrogen-bond acceptors (Lipinski definition) is 2. The van der Waals surface area contributed by atoms with Crippen molar-refractivity contribution in [3.05, 3.63) is 35.4 Å². The molecule has 1 aromatic rings. The van der Waals surface area contributed by atoms with E-state index in [2.05, 4.69) is 15.6 Å². The Morgan fingerprint density at radius 1 is 1.07 bits per heavy atom. The SMILES string of the molecule is CN(C)C(=O)CNC(=NCc1cccc(C(F)(F)F)c1)NCCCCC(F)(F)F.I. The number of alkyl halides is 6. The van der Waals surface area contributed by atoms with Gasteiger partial charge in [0.2, 0.25) is 5.91 Å². The van der Waals surface area contributed by atoms with Crippen LogP contribution in [0.1, 0.15) is 30.4 Å². The summed E-state index contributed by atoms with van der Waals surface area (Å²) in [5, 5.41) is 5.52. The lowest BCUT2D eigenvalue weighted by atomic mass is 10.1. The predicted molar refractivity (Wildman–Crippen MR) is 113 cm³/mol. The first-order valence-electron chi connectivity index (χ1n) is 8.84. The number of rotatable bonds is 8. The van der Waals surface area contributed by atoms with Crippen molar-refractivity contribution < 1.29 is 31.1 Å². The first kappa shape index (κ1) is 28.3. The monoisotopic (exact) mass is 554 g/mol. The van der Waals surface area contributed by atoms with Gasteiger partial charge < -0.3 is 15.5 Å². The van der Waals surface area contributed by atoms with Crippen molar-refractivity contribution in [2.75, 3.05) is 27.2 Å². The van der Waals surface area contributed by atoms with Crippen LogP contribution in [0.3, 0.4) is 0 Å². The van der Waals surface area contributed by atoms with Crippen LogP contribution in [0.15, 0.2) is 29.3 Å². The minimum absolute atomic E-state index is 0. The Balaban J connectivity index is 0.00000841. The maximum absolute atomic E-state index is 12.8. The van der Waals surface area contributed by atoms with Crippen molar-refractivity contribution in [1.29, 1.82) is 0 Å². The molecule has 1 amide bonds. The zero-order valence-corrected chi connectivity index (χ0v) is 18.9. The van der Waals surface area contributed by atoms with E-state index >= 15 is 0 Å². The molecule has 0 fully saturated rings. The fourth-order valence-corrected chi connectivity index (χ4v) is 2.17. The van der Waals surface area contributed by atoms with E-state index in [1.807, 2.05) is 0 Å². The number of amides is 1. The summed E-state index contributed by atoms with van der Waals surface area (Å²) in [5.41, 5.74) is -0.500. The van der Waals surface area contributed by atoms with Crippen molar-refractivity contribution >= 4 is 35.8 Å². The van der Waals surface area contributed by atoms with Crippen LogP contribution in [0, 0.1) is 0 Å². The molecule has 0 unspecified atom stereocenters. The molecule has 0 radical (unpaired) electrons. The van der Waals surface area contributed by atoms with Crippen LogP contribution in [0.2, 0.25) is 0 Å². The summed E-state index contributed by atoms with van der Waals surface area (Å²) in [5.74, 6) is -0.139. The molecule has 0 heterocycles. The molecule has 0 bridgehead atoms. The van der Waals surface area contributed by atoms with E-state index in [9.17, 15) is 31.1 Å². The Bertz CT molecular complexity index is 692. The molecule has 0 aliphatic rings. The second-order valence-electron chi connectivity index (χ2n) is 6.50. The number of unbranched alkanes of at least 4 members (excludes halogenated alkanes) is 1. The number of hydrogen-bond donors (Lipinski definition) is 2. The molecule has 0 saturated carbocycles. The molecule has 0 spiro atoms. The molecular formula is C18H25F6IN4O. The van der Waals surface area contributed by atoms with E-state index in [4.69, 9.17) is 0 Å². The van der Waals surface area contributed by atoms with Crippen LogP contribution < -0.4 is 10.6 Å². The molecular weight excluding hydrogens is 529 g/mol. The first-order valence-corrected chi connectivity index (χ1v) is 8.84. The van der Waals surface area contributed by atoms with Crippen LogP contribution in [-0.4, -0.2) is 50.1 Å². The highest BCUT2D eigenvalue weighted by Crippen LogP contribution is 2.29. The topological polar surface area (TPSA) is 56.7 Å². The smallest absolute Gasteiger partial charge is 0.356 e. The average molecular weight is 554 g/mol. The lowest BCUT2D eigenvalue weighted by Crippen LogP contribution is -2.43. The van der Waals surface area contributed by atoms with E-state index in [0.717, 1.165) is 12.1 Å². The second kappa shape index (κ2) is 12.8. The summed E-state index contributed by atoms with van der Waals surface area (Å²) < 4.78 is 74.9. The minimum Gasteiger partial charge on any atom is -0.356 e. The number of carbonyl (C=O) groups is 1. The highest BCUT2D eigenvalue weighted by Gasteiger charge is 2.30. The van der Waals surface area contributed by atoms with Gasteiger partial charge in [-0.3, -0.25) is 4.79 Å².